The lowest BCUT2D eigenvalue weighted by Crippen LogP contribution is -2.53. The van der Waals surface area contributed by atoms with Gasteiger partial charge in [0.15, 0.2) is 0 Å². The summed E-state index contributed by atoms with van der Waals surface area (Å²) in [6.07, 6.45) is 0.635. The highest BCUT2D eigenvalue weighted by molar-refractivity contribution is 6.06. The maximum Gasteiger partial charge on any atom is 0.252 e. The van der Waals surface area contributed by atoms with Crippen LogP contribution in [0.25, 0.3) is 0 Å². The van der Waals surface area contributed by atoms with Crippen molar-refractivity contribution in [1.29, 1.82) is 0 Å². The minimum Gasteiger partial charge on any atom is -0.378 e. The number of carbonyl (C=O) groups is 1. The first-order valence-corrected chi connectivity index (χ1v) is 5.17. The van der Waals surface area contributed by atoms with E-state index in [2.05, 4.69) is 10.6 Å². The minimum atomic E-state index is -0.676. The minimum absolute atomic E-state index is 0.150. The van der Waals surface area contributed by atoms with Crippen LogP contribution in [-0.2, 0) is 9.53 Å². The highest BCUT2D eigenvalue weighted by Gasteiger charge is 2.45. The van der Waals surface area contributed by atoms with Crippen molar-refractivity contribution in [2.75, 3.05) is 23.8 Å². The maximum atomic E-state index is 13.0. The monoisotopic (exact) mass is 222 g/mol. The second-order valence-electron chi connectivity index (χ2n) is 4.15. The van der Waals surface area contributed by atoms with E-state index in [1.165, 1.54) is 12.1 Å². The molecule has 2 aliphatic rings. The van der Waals surface area contributed by atoms with Gasteiger partial charge in [0.25, 0.3) is 5.91 Å². The fraction of sp³-hybridized carbons (Fsp3) is 0.364. The van der Waals surface area contributed by atoms with E-state index in [0.717, 1.165) is 5.69 Å². The Morgan fingerprint density at radius 1 is 1.38 bits per heavy atom. The number of rotatable bonds is 0. The smallest absolute Gasteiger partial charge is 0.252 e. The Hall–Kier alpha value is -1.62. The molecule has 0 saturated carbocycles. The Morgan fingerprint density at radius 3 is 3.00 bits per heavy atom. The van der Waals surface area contributed by atoms with E-state index in [0.29, 0.717) is 25.3 Å². The molecule has 16 heavy (non-hydrogen) atoms. The van der Waals surface area contributed by atoms with Gasteiger partial charge in [0.1, 0.15) is 11.4 Å². The second-order valence-corrected chi connectivity index (χ2v) is 4.15. The third-order valence-corrected chi connectivity index (χ3v) is 3.06. The molecule has 5 heteroatoms. The molecule has 1 aromatic carbocycles. The number of nitrogens with one attached hydrogen (secondary N) is 2. The quantitative estimate of drug-likeness (QED) is 0.696. The van der Waals surface area contributed by atoms with Gasteiger partial charge in [0, 0.05) is 13.0 Å². The van der Waals surface area contributed by atoms with Crippen molar-refractivity contribution in [3.63, 3.8) is 0 Å². The Labute approximate surface area is 91.8 Å². The molecule has 0 bridgehead atoms. The lowest BCUT2D eigenvalue weighted by Gasteiger charge is -2.34. The fourth-order valence-electron chi connectivity index (χ4n) is 2.13. The average molecular weight is 222 g/mol. The summed E-state index contributed by atoms with van der Waals surface area (Å²) in [5.74, 6) is -0.512. The van der Waals surface area contributed by atoms with Crippen molar-refractivity contribution < 1.29 is 13.9 Å². The number of fused-ring (bicyclic) bond motifs is 1. The van der Waals surface area contributed by atoms with Crippen molar-refractivity contribution in [2.45, 2.75) is 12.0 Å². The summed E-state index contributed by atoms with van der Waals surface area (Å²) < 4.78 is 18.2. The van der Waals surface area contributed by atoms with Crippen molar-refractivity contribution >= 4 is 17.3 Å². The van der Waals surface area contributed by atoms with E-state index in [9.17, 15) is 9.18 Å². The molecule has 2 N–H and O–H groups in total. The molecule has 1 amide bonds. The van der Waals surface area contributed by atoms with Gasteiger partial charge in [-0.2, -0.15) is 0 Å². The molecule has 1 aromatic rings. The SMILES string of the molecule is O=C1Nc2cc(F)ccc2NC12CCOC2. The Balaban J connectivity index is 2.01. The number of carbonyl (C=O) groups excluding carboxylic acids is 1. The topological polar surface area (TPSA) is 50.4 Å². The zero-order valence-electron chi connectivity index (χ0n) is 8.55. The number of benzene rings is 1. The van der Waals surface area contributed by atoms with Gasteiger partial charge >= 0.3 is 0 Å². The Morgan fingerprint density at radius 2 is 2.25 bits per heavy atom. The normalized spacial score (nSPS) is 27.4. The zero-order chi connectivity index (χ0) is 11.2. The molecule has 84 valence electrons. The van der Waals surface area contributed by atoms with Crippen molar-refractivity contribution in [3.05, 3.63) is 24.0 Å². The highest BCUT2D eigenvalue weighted by atomic mass is 19.1. The average Bonchev–Trinajstić information content (AvgIpc) is 2.70. The summed E-state index contributed by atoms with van der Waals surface area (Å²) in [7, 11) is 0. The number of anilines is 2. The Bertz CT molecular complexity index is 455. The number of halogens is 1. The predicted molar refractivity (Wildman–Crippen MR) is 56.8 cm³/mol. The molecule has 0 radical (unpaired) electrons. The van der Waals surface area contributed by atoms with Crippen molar-refractivity contribution in [2.24, 2.45) is 0 Å². The van der Waals surface area contributed by atoms with Crippen LogP contribution in [0.3, 0.4) is 0 Å². The van der Waals surface area contributed by atoms with Crippen LogP contribution in [0.4, 0.5) is 15.8 Å². The molecule has 1 fully saturated rings. The molecule has 2 aliphatic heterocycles. The first-order chi connectivity index (χ1) is 7.70. The summed E-state index contributed by atoms with van der Waals surface area (Å²) in [4.78, 5) is 11.9. The molecule has 3 rings (SSSR count). The second kappa shape index (κ2) is 3.18. The van der Waals surface area contributed by atoms with E-state index >= 15 is 0 Å². The van der Waals surface area contributed by atoms with Crippen LogP contribution in [-0.4, -0.2) is 24.7 Å². The first-order valence-electron chi connectivity index (χ1n) is 5.17. The number of amides is 1. The predicted octanol–water partition coefficient (Wildman–Crippen LogP) is 1.35. The van der Waals surface area contributed by atoms with Crippen LogP contribution in [0.1, 0.15) is 6.42 Å². The number of hydrogen-bond donors (Lipinski definition) is 2. The zero-order valence-corrected chi connectivity index (χ0v) is 8.55. The Kier molecular flexibility index (Phi) is 1.91. The van der Waals surface area contributed by atoms with Gasteiger partial charge < -0.3 is 15.4 Å². The third-order valence-electron chi connectivity index (χ3n) is 3.06. The molecule has 0 aromatic heterocycles. The summed E-state index contributed by atoms with van der Waals surface area (Å²) in [5.41, 5.74) is 0.555. The van der Waals surface area contributed by atoms with Gasteiger partial charge in [-0.05, 0) is 18.2 Å². The van der Waals surface area contributed by atoms with Crippen LogP contribution < -0.4 is 10.6 Å². The van der Waals surface area contributed by atoms with Gasteiger partial charge in [-0.1, -0.05) is 0 Å². The highest BCUT2D eigenvalue weighted by Crippen LogP contribution is 2.35. The largest absolute Gasteiger partial charge is 0.378 e. The number of hydrogen-bond acceptors (Lipinski definition) is 3. The molecular weight excluding hydrogens is 211 g/mol. The lowest BCUT2D eigenvalue weighted by atomic mass is 9.94. The van der Waals surface area contributed by atoms with Gasteiger partial charge in [-0.25, -0.2) is 4.39 Å². The van der Waals surface area contributed by atoms with E-state index in [4.69, 9.17) is 4.74 Å². The van der Waals surface area contributed by atoms with Gasteiger partial charge in [-0.15, -0.1) is 0 Å². The van der Waals surface area contributed by atoms with Gasteiger partial charge in [0.2, 0.25) is 0 Å². The maximum absolute atomic E-state index is 13.0. The molecule has 1 atom stereocenters. The summed E-state index contributed by atoms with van der Waals surface area (Å²) >= 11 is 0. The number of ether oxygens (including phenoxy) is 1. The summed E-state index contributed by atoms with van der Waals surface area (Å²) in [6.45, 7) is 0.923. The standard InChI is InChI=1S/C11H11FN2O2/c12-7-1-2-8-9(5-7)13-10(15)11(14-8)3-4-16-6-11/h1-2,5,14H,3-4,6H2,(H,13,15). The van der Waals surface area contributed by atoms with E-state index in [-0.39, 0.29) is 11.7 Å². The van der Waals surface area contributed by atoms with E-state index in [1.807, 2.05) is 0 Å². The van der Waals surface area contributed by atoms with E-state index in [1.54, 1.807) is 6.07 Å². The van der Waals surface area contributed by atoms with Crippen LogP contribution in [0.5, 0.6) is 0 Å². The lowest BCUT2D eigenvalue weighted by molar-refractivity contribution is -0.120. The van der Waals surface area contributed by atoms with Crippen molar-refractivity contribution in [1.82, 2.24) is 0 Å². The van der Waals surface area contributed by atoms with Crippen LogP contribution in [0.2, 0.25) is 0 Å². The molecule has 2 heterocycles. The van der Waals surface area contributed by atoms with Crippen LogP contribution in [0, 0.1) is 5.82 Å². The molecule has 1 saturated heterocycles. The summed E-state index contributed by atoms with van der Waals surface area (Å²) in [6, 6.07) is 4.31. The fourth-order valence-corrected chi connectivity index (χ4v) is 2.13. The molecular formula is C11H11FN2O2. The third kappa shape index (κ3) is 1.28. The molecule has 1 spiro atoms. The van der Waals surface area contributed by atoms with E-state index < -0.39 is 5.54 Å². The first kappa shape index (κ1) is 9.59. The molecule has 4 nitrogen and oxygen atoms in total. The van der Waals surface area contributed by atoms with Crippen LogP contribution >= 0.6 is 0 Å². The molecule has 1 unspecified atom stereocenters. The van der Waals surface area contributed by atoms with Crippen molar-refractivity contribution in [3.8, 4) is 0 Å². The van der Waals surface area contributed by atoms with Crippen LogP contribution in [0.15, 0.2) is 18.2 Å². The summed E-state index contributed by atoms with van der Waals surface area (Å²) in [5, 5.41) is 5.86. The molecule has 0 aliphatic carbocycles. The van der Waals surface area contributed by atoms with Gasteiger partial charge in [-0.3, -0.25) is 4.79 Å². The van der Waals surface area contributed by atoms with Gasteiger partial charge in [0.05, 0.1) is 18.0 Å².